The van der Waals surface area contributed by atoms with Gasteiger partial charge in [-0.1, -0.05) is 23.4 Å². The van der Waals surface area contributed by atoms with E-state index in [0.717, 1.165) is 29.5 Å². The summed E-state index contributed by atoms with van der Waals surface area (Å²) in [5.74, 6) is -0.192. The second-order valence-electron chi connectivity index (χ2n) is 5.12. The Kier molecular flexibility index (Phi) is 2.66. The van der Waals surface area contributed by atoms with E-state index in [1.54, 1.807) is 0 Å². The Morgan fingerprint density at radius 2 is 1.95 bits per heavy atom. The summed E-state index contributed by atoms with van der Waals surface area (Å²) in [5, 5.41) is 13.5. The fourth-order valence-electron chi connectivity index (χ4n) is 2.49. The highest BCUT2D eigenvalue weighted by atomic mass is 16.5. The quantitative estimate of drug-likeness (QED) is 0.913. The molecule has 0 radical (unpaired) electrons. The molecule has 1 aromatic carbocycles. The van der Waals surface area contributed by atoms with Gasteiger partial charge in [0.1, 0.15) is 11.3 Å². The number of hydrogen-bond donors (Lipinski definition) is 1. The van der Waals surface area contributed by atoms with Gasteiger partial charge in [-0.2, -0.15) is 0 Å². The lowest BCUT2D eigenvalue weighted by Gasteiger charge is -2.07. The van der Waals surface area contributed by atoms with E-state index in [1.165, 1.54) is 0 Å². The minimum atomic E-state index is -0.958. The zero-order chi connectivity index (χ0) is 13.6. The van der Waals surface area contributed by atoms with Gasteiger partial charge in [-0.3, -0.25) is 0 Å². The molecule has 1 fully saturated rings. The Balaban J connectivity index is 2.23. The molecule has 0 bridgehead atoms. The molecule has 0 saturated heterocycles. The summed E-state index contributed by atoms with van der Waals surface area (Å²) in [6.07, 6.45) is 1.98. The molecule has 1 heterocycles. The molecule has 0 spiro atoms. The van der Waals surface area contributed by atoms with Crippen molar-refractivity contribution in [2.75, 3.05) is 0 Å². The second kappa shape index (κ2) is 4.23. The molecular weight excluding hydrogens is 242 g/mol. The van der Waals surface area contributed by atoms with Crippen molar-refractivity contribution in [2.24, 2.45) is 0 Å². The van der Waals surface area contributed by atoms with Crippen LogP contribution in [0.25, 0.3) is 11.3 Å². The van der Waals surface area contributed by atoms with E-state index in [2.05, 4.69) is 5.16 Å². The van der Waals surface area contributed by atoms with E-state index in [4.69, 9.17) is 4.52 Å². The highest BCUT2D eigenvalue weighted by Crippen LogP contribution is 2.44. The van der Waals surface area contributed by atoms with Gasteiger partial charge in [-0.25, -0.2) is 4.79 Å². The molecule has 0 atom stereocenters. The van der Waals surface area contributed by atoms with Gasteiger partial charge in [0.15, 0.2) is 5.76 Å². The van der Waals surface area contributed by atoms with Crippen molar-refractivity contribution in [3.63, 3.8) is 0 Å². The number of benzene rings is 1. The molecule has 98 valence electrons. The normalized spacial score (nSPS) is 14.6. The second-order valence-corrected chi connectivity index (χ2v) is 5.12. The van der Waals surface area contributed by atoms with Crippen LogP contribution in [-0.2, 0) is 0 Å². The van der Waals surface area contributed by atoms with Gasteiger partial charge >= 0.3 is 5.97 Å². The number of carboxylic acid groups (broad SMARTS) is 1. The number of rotatable bonds is 3. The third kappa shape index (κ3) is 1.93. The molecule has 0 amide bonds. The molecule has 1 aliphatic carbocycles. The lowest BCUT2D eigenvalue weighted by atomic mass is 9.96. The maximum absolute atomic E-state index is 11.5. The van der Waals surface area contributed by atoms with Crippen LogP contribution < -0.4 is 0 Å². The van der Waals surface area contributed by atoms with Crippen molar-refractivity contribution < 1.29 is 14.4 Å². The van der Waals surface area contributed by atoms with Crippen LogP contribution in [0, 0.1) is 13.8 Å². The van der Waals surface area contributed by atoms with Crippen LogP contribution in [0.3, 0.4) is 0 Å². The number of hydrogen-bond acceptors (Lipinski definition) is 3. The summed E-state index contributed by atoms with van der Waals surface area (Å²) in [4.78, 5) is 11.5. The first-order chi connectivity index (χ1) is 9.09. The van der Waals surface area contributed by atoms with Crippen LogP contribution in [0.1, 0.15) is 46.0 Å². The van der Waals surface area contributed by atoms with E-state index in [1.807, 2.05) is 32.0 Å². The van der Waals surface area contributed by atoms with Gasteiger partial charge < -0.3 is 9.63 Å². The van der Waals surface area contributed by atoms with Crippen molar-refractivity contribution in [3.05, 3.63) is 40.6 Å². The van der Waals surface area contributed by atoms with Crippen LogP contribution in [0.15, 0.2) is 22.7 Å². The predicted molar refractivity (Wildman–Crippen MR) is 70.3 cm³/mol. The molecule has 19 heavy (non-hydrogen) atoms. The number of carboxylic acids is 1. The minimum absolute atomic E-state index is 0.233. The zero-order valence-corrected chi connectivity index (χ0v) is 10.9. The topological polar surface area (TPSA) is 63.3 Å². The van der Waals surface area contributed by atoms with E-state index in [-0.39, 0.29) is 11.5 Å². The first kappa shape index (κ1) is 12.0. The van der Waals surface area contributed by atoms with Crippen molar-refractivity contribution in [2.45, 2.75) is 32.6 Å². The fourth-order valence-corrected chi connectivity index (χ4v) is 2.49. The molecule has 1 aliphatic rings. The van der Waals surface area contributed by atoms with Gasteiger partial charge in [-0.05, 0) is 37.8 Å². The average Bonchev–Trinajstić information content (AvgIpc) is 3.09. The molecule has 2 aromatic rings. The Morgan fingerprint density at radius 3 is 2.47 bits per heavy atom. The van der Waals surface area contributed by atoms with Crippen molar-refractivity contribution >= 4 is 5.97 Å². The molecule has 4 nitrogen and oxygen atoms in total. The number of carbonyl (C=O) groups is 1. The average molecular weight is 257 g/mol. The van der Waals surface area contributed by atoms with Gasteiger partial charge in [0.25, 0.3) is 0 Å². The molecule has 4 heteroatoms. The van der Waals surface area contributed by atoms with Crippen LogP contribution in [-0.4, -0.2) is 16.2 Å². The van der Waals surface area contributed by atoms with Crippen LogP contribution in [0.2, 0.25) is 0 Å². The van der Waals surface area contributed by atoms with Crippen LogP contribution >= 0.6 is 0 Å². The molecule has 0 aliphatic heterocycles. The summed E-state index contributed by atoms with van der Waals surface area (Å²) >= 11 is 0. The zero-order valence-electron chi connectivity index (χ0n) is 10.9. The van der Waals surface area contributed by atoms with Crippen LogP contribution in [0.5, 0.6) is 0 Å². The van der Waals surface area contributed by atoms with Crippen molar-refractivity contribution in [3.8, 4) is 11.3 Å². The van der Waals surface area contributed by atoms with E-state index in [0.29, 0.717) is 11.5 Å². The number of nitrogens with zero attached hydrogens (tertiary/aromatic N) is 1. The van der Waals surface area contributed by atoms with Crippen molar-refractivity contribution in [1.82, 2.24) is 5.16 Å². The molecule has 1 N–H and O–H groups in total. The maximum Gasteiger partial charge on any atom is 0.341 e. The lowest BCUT2D eigenvalue weighted by molar-refractivity contribution is 0.0695. The molecule has 3 rings (SSSR count). The first-order valence-corrected chi connectivity index (χ1v) is 6.39. The van der Waals surface area contributed by atoms with Crippen molar-refractivity contribution in [1.29, 1.82) is 0 Å². The summed E-state index contributed by atoms with van der Waals surface area (Å²) in [5.41, 5.74) is 3.59. The number of aromatic carboxylic acids is 1. The Hall–Kier alpha value is -2.10. The third-order valence-corrected chi connectivity index (χ3v) is 3.60. The SMILES string of the molecule is Cc1cccc(C)c1-c1noc(C2CC2)c1C(=O)O. The summed E-state index contributed by atoms with van der Waals surface area (Å²) < 4.78 is 5.31. The molecule has 0 unspecified atom stereocenters. The van der Waals surface area contributed by atoms with Gasteiger partial charge in [0.05, 0.1) is 0 Å². The Bertz CT molecular complexity index is 633. The highest BCUT2D eigenvalue weighted by molar-refractivity contribution is 5.97. The number of aromatic nitrogens is 1. The minimum Gasteiger partial charge on any atom is -0.477 e. The Labute approximate surface area is 111 Å². The summed E-state index contributed by atoms with van der Waals surface area (Å²) in [6, 6.07) is 5.87. The summed E-state index contributed by atoms with van der Waals surface area (Å²) in [7, 11) is 0. The number of aryl methyl sites for hydroxylation is 2. The largest absolute Gasteiger partial charge is 0.477 e. The molecular formula is C15H15NO3. The van der Waals surface area contributed by atoms with E-state index >= 15 is 0 Å². The van der Waals surface area contributed by atoms with E-state index < -0.39 is 5.97 Å². The Morgan fingerprint density at radius 1 is 1.32 bits per heavy atom. The maximum atomic E-state index is 11.5. The van der Waals surface area contributed by atoms with Gasteiger partial charge in [-0.15, -0.1) is 0 Å². The fraction of sp³-hybridized carbons (Fsp3) is 0.333. The summed E-state index contributed by atoms with van der Waals surface area (Å²) in [6.45, 7) is 3.92. The standard InChI is InChI=1S/C15H15NO3/c1-8-4-3-5-9(2)11(8)13-12(15(17)18)14(19-16-13)10-6-7-10/h3-5,10H,6-7H2,1-2H3,(H,17,18). The van der Waals surface area contributed by atoms with E-state index in [9.17, 15) is 9.90 Å². The first-order valence-electron chi connectivity index (χ1n) is 6.39. The lowest BCUT2D eigenvalue weighted by Crippen LogP contribution is -2.02. The molecule has 1 aromatic heterocycles. The van der Waals surface area contributed by atoms with Gasteiger partial charge in [0, 0.05) is 11.5 Å². The molecule has 1 saturated carbocycles. The predicted octanol–water partition coefficient (Wildman–Crippen LogP) is 3.53. The van der Waals surface area contributed by atoms with Gasteiger partial charge in [0.2, 0.25) is 0 Å². The monoisotopic (exact) mass is 257 g/mol. The van der Waals surface area contributed by atoms with Crippen LogP contribution in [0.4, 0.5) is 0 Å². The highest BCUT2D eigenvalue weighted by Gasteiger charge is 2.35. The third-order valence-electron chi connectivity index (χ3n) is 3.60. The smallest absolute Gasteiger partial charge is 0.341 e.